The molecule has 23 heavy (non-hydrogen) atoms. The van der Waals surface area contributed by atoms with Gasteiger partial charge in [-0.05, 0) is 30.0 Å². The molecule has 0 atom stereocenters. The van der Waals surface area contributed by atoms with E-state index in [-0.39, 0.29) is 35.4 Å². The molecule has 0 N–H and O–H groups in total. The Morgan fingerprint density at radius 2 is 1.87 bits per heavy atom. The average Bonchev–Trinajstić information content (AvgIpc) is 2.56. The van der Waals surface area contributed by atoms with E-state index in [0.29, 0.717) is 5.92 Å². The van der Waals surface area contributed by atoms with Crippen LogP contribution in [0.5, 0.6) is 0 Å². The van der Waals surface area contributed by atoms with Gasteiger partial charge in [-0.25, -0.2) is 9.97 Å². The minimum atomic E-state index is 0. The van der Waals surface area contributed by atoms with Gasteiger partial charge in [0.2, 0.25) is 5.82 Å². The third kappa shape index (κ3) is 6.12. The van der Waals surface area contributed by atoms with Crippen molar-refractivity contribution in [2.24, 2.45) is 0 Å². The van der Waals surface area contributed by atoms with E-state index in [1.807, 2.05) is 18.2 Å². The first kappa shape index (κ1) is 21.3. The second-order valence-corrected chi connectivity index (χ2v) is 5.21. The summed E-state index contributed by atoms with van der Waals surface area (Å²) in [5.41, 5.74) is 4.09. The van der Waals surface area contributed by atoms with Crippen LogP contribution < -0.4 is 29.6 Å². The van der Waals surface area contributed by atoms with Crippen LogP contribution in [0, 0.1) is 23.2 Å². The number of aromatic nitrogens is 2. The van der Waals surface area contributed by atoms with Crippen LogP contribution in [0.25, 0.3) is 11.3 Å². The van der Waals surface area contributed by atoms with Crippen molar-refractivity contribution in [1.82, 2.24) is 9.97 Å². The van der Waals surface area contributed by atoms with Crippen molar-refractivity contribution in [3.8, 4) is 17.3 Å². The van der Waals surface area contributed by atoms with Gasteiger partial charge in [0.25, 0.3) is 0 Å². The molecular formula is C18H19N4Na. The van der Waals surface area contributed by atoms with Crippen molar-refractivity contribution in [2.45, 2.75) is 39.5 Å². The largest absolute Gasteiger partial charge is 1.00 e. The van der Waals surface area contributed by atoms with Crippen LogP contribution in [-0.2, 0) is 6.42 Å². The molecule has 1 aromatic heterocycles. The summed E-state index contributed by atoms with van der Waals surface area (Å²) in [4.78, 5) is 8.59. The van der Waals surface area contributed by atoms with Crippen molar-refractivity contribution in [3.05, 3.63) is 54.0 Å². The van der Waals surface area contributed by atoms with Crippen LogP contribution in [0.15, 0.2) is 30.3 Å². The van der Waals surface area contributed by atoms with Crippen molar-refractivity contribution in [2.75, 3.05) is 0 Å². The quantitative estimate of drug-likeness (QED) is 0.628. The predicted molar refractivity (Wildman–Crippen MR) is 85.2 cm³/mol. The van der Waals surface area contributed by atoms with Crippen molar-refractivity contribution in [1.29, 1.82) is 10.5 Å². The Morgan fingerprint density at radius 1 is 1.17 bits per heavy atom. The summed E-state index contributed by atoms with van der Waals surface area (Å²) in [5, 5.41) is 15.3. The molecule has 0 bridgehead atoms. The molecular weight excluding hydrogens is 295 g/mol. The van der Waals surface area contributed by atoms with Crippen LogP contribution in [-0.4, -0.2) is 9.97 Å². The van der Waals surface area contributed by atoms with Crippen LogP contribution in [0.3, 0.4) is 0 Å². The molecule has 0 aliphatic carbocycles. The summed E-state index contributed by atoms with van der Waals surface area (Å²) in [6.07, 6.45) is 1.88. The molecule has 112 valence electrons. The zero-order valence-corrected chi connectivity index (χ0v) is 16.2. The maximum atomic E-state index is 9.07. The van der Waals surface area contributed by atoms with E-state index in [2.05, 4.69) is 48.9 Å². The van der Waals surface area contributed by atoms with Crippen molar-refractivity contribution >= 4 is 0 Å². The third-order valence-electron chi connectivity index (χ3n) is 3.23. The Bertz CT molecular complexity index is 687. The molecule has 0 spiro atoms. The summed E-state index contributed by atoms with van der Waals surface area (Å²) < 4.78 is 0. The van der Waals surface area contributed by atoms with E-state index in [4.69, 9.17) is 17.1 Å². The minimum Gasteiger partial charge on any atom is -0.512 e. The Kier molecular flexibility index (Phi) is 10.1. The van der Waals surface area contributed by atoms with E-state index in [0.717, 1.165) is 29.8 Å². The smallest absolute Gasteiger partial charge is 0.512 e. The topological polar surface area (TPSA) is 73.4 Å². The van der Waals surface area contributed by atoms with Gasteiger partial charge in [0.15, 0.2) is 0 Å². The molecule has 0 aliphatic rings. The van der Waals surface area contributed by atoms with E-state index in [1.54, 1.807) is 0 Å². The zero-order chi connectivity index (χ0) is 16.5. The molecule has 5 heteroatoms. The summed E-state index contributed by atoms with van der Waals surface area (Å²) >= 11 is 0. The Hall–Kier alpha value is -1.72. The van der Waals surface area contributed by atoms with Gasteiger partial charge in [0.05, 0.1) is 5.69 Å². The maximum absolute atomic E-state index is 9.07. The number of hydrogen-bond acceptors (Lipinski definition) is 4. The van der Waals surface area contributed by atoms with E-state index in [9.17, 15) is 0 Å². The van der Waals surface area contributed by atoms with Gasteiger partial charge in [0.1, 0.15) is 6.07 Å². The summed E-state index contributed by atoms with van der Waals surface area (Å²) in [6.45, 7) is 11.2. The molecule has 0 aliphatic heterocycles. The molecule has 1 heterocycles. The minimum absolute atomic E-state index is 0. The standard InChI is InChI=1S/C17H19N3.CN.Na/c1-4-6-15-10-16(20-17(11-18)19-15)14-8-5-7-13(9-14)12(2)3;1-2;/h5,7-10,12H,4,6H2,1-3H3;;/q;-1;+1. The van der Waals surface area contributed by atoms with Crippen molar-refractivity contribution in [3.63, 3.8) is 0 Å². The monoisotopic (exact) mass is 314 g/mol. The van der Waals surface area contributed by atoms with E-state index >= 15 is 0 Å². The fourth-order valence-corrected chi connectivity index (χ4v) is 2.14. The van der Waals surface area contributed by atoms with Gasteiger partial charge in [0, 0.05) is 11.3 Å². The molecule has 4 nitrogen and oxygen atoms in total. The number of aryl methyl sites for hydroxylation is 1. The van der Waals surface area contributed by atoms with Crippen LogP contribution in [0.1, 0.15) is 50.2 Å². The van der Waals surface area contributed by atoms with Crippen LogP contribution >= 0.6 is 0 Å². The van der Waals surface area contributed by atoms with Crippen LogP contribution in [0.2, 0.25) is 0 Å². The van der Waals surface area contributed by atoms with Gasteiger partial charge in [-0.2, -0.15) is 5.26 Å². The molecule has 0 saturated heterocycles. The number of rotatable bonds is 4. The van der Waals surface area contributed by atoms with Gasteiger partial charge >= 0.3 is 29.6 Å². The molecule has 1 aromatic carbocycles. The normalized spacial score (nSPS) is 9.26. The second kappa shape index (κ2) is 10.9. The maximum Gasteiger partial charge on any atom is 1.00 e. The number of hydrogen-bond donors (Lipinski definition) is 0. The number of benzene rings is 1. The molecule has 0 saturated carbocycles. The van der Waals surface area contributed by atoms with E-state index in [1.165, 1.54) is 5.56 Å². The molecule has 0 fully saturated rings. The average molecular weight is 314 g/mol. The SMILES string of the molecule is CCCc1cc(-c2cccc(C(C)C)c2)nc(C#N)n1.[C-]#N.[Na+]. The Labute approximate surface area is 160 Å². The fraction of sp³-hybridized carbons (Fsp3) is 0.333. The molecule has 0 amide bonds. The molecule has 2 aromatic rings. The Morgan fingerprint density at radius 3 is 2.43 bits per heavy atom. The summed E-state index contributed by atoms with van der Waals surface area (Å²) in [5.74, 6) is 0.725. The fourth-order valence-electron chi connectivity index (χ4n) is 2.14. The van der Waals surface area contributed by atoms with Gasteiger partial charge in [-0.1, -0.05) is 45.4 Å². The van der Waals surface area contributed by atoms with Gasteiger partial charge in [-0.15, -0.1) is 0 Å². The first-order valence-electron chi connectivity index (χ1n) is 7.24. The Balaban J connectivity index is 0.00000155. The zero-order valence-electron chi connectivity index (χ0n) is 14.2. The second-order valence-electron chi connectivity index (χ2n) is 5.21. The van der Waals surface area contributed by atoms with E-state index < -0.39 is 0 Å². The van der Waals surface area contributed by atoms with Crippen molar-refractivity contribution < 1.29 is 29.6 Å². The van der Waals surface area contributed by atoms with Gasteiger partial charge in [-0.3, -0.25) is 0 Å². The van der Waals surface area contributed by atoms with Crippen LogP contribution in [0.4, 0.5) is 0 Å². The first-order chi connectivity index (χ1) is 10.6. The summed E-state index contributed by atoms with van der Waals surface area (Å²) in [6, 6.07) is 12.4. The first-order valence-corrected chi connectivity index (χ1v) is 7.24. The van der Waals surface area contributed by atoms with Gasteiger partial charge < -0.3 is 11.8 Å². The summed E-state index contributed by atoms with van der Waals surface area (Å²) in [7, 11) is 0. The predicted octanol–water partition coefficient (Wildman–Crippen LogP) is 1.19. The number of nitrogens with zero attached hydrogens (tertiary/aromatic N) is 4. The third-order valence-corrected chi connectivity index (χ3v) is 3.23. The molecule has 2 rings (SSSR count). The molecule has 0 unspecified atom stereocenters. The number of nitriles is 1. The molecule has 0 radical (unpaired) electrons.